The first-order valence-electron chi connectivity index (χ1n) is 7.36. The molecule has 0 aliphatic carbocycles. The van der Waals surface area contributed by atoms with Gasteiger partial charge in [0.1, 0.15) is 5.01 Å². The number of aliphatic imine (C=N–C) groups is 1. The van der Waals surface area contributed by atoms with E-state index in [-0.39, 0.29) is 0 Å². The molecule has 0 bridgehead atoms. The monoisotopic (exact) mass is 322 g/mol. The van der Waals surface area contributed by atoms with Gasteiger partial charge in [-0.05, 0) is 19.1 Å². The molecule has 3 rings (SSSR count). The minimum atomic E-state index is 0.408. The molecule has 0 radical (unpaired) electrons. The lowest BCUT2D eigenvalue weighted by molar-refractivity contribution is 1.05. The molecule has 0 amide bonds. The number of para-hydroxylation sites is 1. The van der Waals surface area contributed by atoms with Crippen LogP contribution in [0.2, 0.25) is 0 Å². The van der Waals surface area contributed by atoms with Gasteiger partial charge in [0.2, 0.25) is 0 Å². The van der Waals surface area contributed by atoms with E-state index in [0.717, 1.165) is 26.8 Å². The number of anilines is 1. The van der Waals surface area contributed by atoms with Crippen LogP contribution >= 0.6 is 11.3 Å². The summed E-state index contributed by atoms with van der Waals surface area (Å²) >= 11 is 1.66. The molecule has 0 aliphatic rings. The molecule has 0 atom stereocenters. The number of nitrogens with zero attached hydrogens (tertiary/aromatic N) is 2. The van der Waals surface area contributed by atoms with Crippen LogP contribution in [0.1, 0.15) is 10.6 Å². The summed E-state index contributed by atoms with van der Waals surface area (Å²) in [6.07, 6.45) is 0. The molecule has 0 unspecified atom stereocenters. The van der Waals surface area contributed by atoms with Crippen molar-refractivity contribution >= 4 is 23.0 Å². The number of thiazole rings is 1. The van der Waals surface area contributed by atoms with Crippen molar-refractivity contribution in [1.82, 2.24) is 4.98 Å². The lowest BCUT2D eigenvalue weighted by atomic mass is 10.2. The van der Waals surface area contributed by atoms with Gasteiger partial charge in [-0.25, -0.2) is 9.98 Å². The lowest BCUT2D eigenvalue weighted by Gasteiger charge is -2.04. The van der Waals surface area contributed by atoms with Crippen molar-refractivity contribution < 1.29 is 0 Å². The molecule has 1 heterocycles. The third-order valence-electron chi connectivity index (χ3n) is 3.35. The predicted octanol–water partition coefficient (Wildman–Crippen LogP) is 4.05. The third kappa shape index (κ3) is 3.96. The Morgan fingerprint density at radius 2 is 1.74 bits per heavy atom. The number of aromatic nitrogens is 1. The van der Waals surface area contributed by atoms with Crippen LogP contribution in [0.15, 0.2) is 65.7 Å². The van der Waals surface area contributed by atoms with Crippen LogP contribution in [-0.4, -0.2) is 10.9 Å². The van der Waals surface area contributed by atoms with Gasteiger partial charge in [-0.3, -0.25) is 0 Å². The number of hydrogen-bond acceptors (Lipinski definition) is 3. The van der Waals surface area contributed by atoms with Crippen molar-refractivity contribution in [2.75, 3.05) is 5.32 Å². The summed E-state index contributed by atoms with van der Waals surface area (Å²) in [5, 5.41) is 4.10. The van der Waals surface area contributed by atoms with Crippen LogP contribution in [0.3, 0.4) is 0 Å². The number of benzene rings is 2. The maximum atomic E-state index is 5.94. The van der Waals surface area contributed by atoms with Crippen LogP contribution in [0.25, 0.3) is 10.6 Å². The molecule has 3 aromatic rings. The standard InChI is InChI=1S/C18H18N4S/c1-13-16(23-17(21-13)14-8-4-2-5-9-14)12-20-18(19)22-15-10-6-3-7-11-15/h2-11H,12H2,1H3,(H3,19,20,22). The second-order valence-electron chi connectivity index (χ2n) is 5.09. The zero-order chi connectivity index (χ0) is 16.1. The van der Waals surface area contributed by atoms with Crippen LogP contribution in [0.5, 0.6) is 0 Å². The summed E-state index contributed by atoms with van der Waals surface area (Å²) in [4.78, 5) is 10.2. The minimum absolute atomic E-state index is 0.408. The molecule has 116 valence electrons. The van der Waals surface area contributed by atoms with E-state index >= 15 is 0 Å². The fraction of sp³-hybridized carbons (Fsp3) is 0.111. The number of rotatable bonds is 4. The Morgan fingerprint density at radius 1 is 1.09 bits per heavy atom. The molecule has 0 spiro atoms. The fourth-order valence-corrected chi connectivity index (χ4v) is 3.14. The van der Waals surface area contributed by atoms with E-state index in [1.54, 1.807) is 11.3 Å². The van der Waals surface area contributed by atoms with Gasteiger partial charge in [0, 0.05) is 16.1 Å². The Labute approximate surface area is 139 Å². The van der Waals surface area contributed by atoms with E-state index in [4.69, 9.17) is 5.73 Å². The maximum absolute atomic E-state index is 5.94. The number of guanidine groups is 1. The van der Waals surface area contributed by atoms with Crippen molar-refractivity contribution in [2.45, 2.75) is 13.5 Å². The Bertz CT molecular complexity index is 794. The van der Waals surface area contributed by atoms with E-state index in [1.165, 1.54) is 0 Å². The second kappa shape index (κ2) is 7.07. The number of nitrogens with one attached hydrogen (secondary N) is 1. The summed E-state index contributed by atoms with van der Waals surface area (Å²) in [6, 6.07) is 20.0. The molecule has 0 saturated heterocycles. The van der Waals surface area contributed by atoms with Gasteiger partial charge in [0.25, 0.3) is 0 Å². The number of aryl methyl sites for hydroxylation is 1. The Hall–Kier alpha value is -2.66. The highest BCUT2D eigenvalue weighted by atomic mass is 32.1. The van der Waals surface area contributed by atoms with Gasteiger partial charge < -0.3 is 11.1 Å². The molecule has 1 aromatic heterocycles. The lowest BCUT2D eigenvalue weighted by Crippen LogP contribution is -2.22. The first kappa shape index (κ1) is 15.2. The summed E-state index contributed by atoms with van der Waals surface area (Å²) in [5.74, 6) is 0.408. The SMILES string of the molecule is Cc1nc(-c2ccccc2)sc1CN=C(N)Nc1ccccc1. The summed E-state index contributed by atoms with van der Waals surface area (Å²) < 4.78 is 0. The molecule has 0 saturated carbocycles. The zero-order valence-electron chi connectivity index (χ0n) is 12.9. The molecule has 5 heteroatoms. The largest absolute Gasteiger partial charge is 0.370 e. The van der Waals surface area contributed by atoms with E-state index in [9.17, 15) is 0 Å². The quantitative estimate of drug-likeness (QED) is 0.563. The minimum Gasteiger partial charge on any atom is -0.370 e. The maximum Gasteiger partial charge on any atom is 0.193 e. The van der Waals surface area contributed by atoms with Gasteiger partial charge in [-0.15, -0.1) is 11.3 Å². The van der Waals surface area contributed by atoms with Crippen molar-refractivity contribution in [3.05, 3.63) is 71.2 Å². The van der Waals surface area contributed by atoms with Crippen molar-refractivity contribution in [3.8, 4) is 10.6 Å². The molecule has 3 N–H and O–H groups in total. The topological polar surface area (TPSA) is 63.3 Å². The average molecular weight is 322 g/mol. The summed E-state index contributed by atoms with van der Waals surface area (Å²) in [7, 11) is 0. The van der Waals surface area contributed by atoms with Gasteiger partial charge in [-0.1, -0.05) is 48.5 Å². The second-order valence-corrected chi connectivity index (χ2v) is 6.17. The van der Waals surface area contributed by atoms with E-state index in [1.807, 2.05) is 55.5 Å². The first-order chi connectivity index (χ1) is 11.2. The molecule has 4 nitrogen and oxygen atoms in total. The molecule has 0 fully saturated rings. The predicted molar refractivity (Wildman–Crippen MR) is 97.7 cm³/mol. The number of nitrogens with two attached hydrogens (primary N) is 1. The highest BCUT2D eigenvalue weighted by Crippen LogP contribution is 2.28. The normalized spacial score (nSPS) is 11.4. The van der Waals surface area contributed by atoms with Crippen LogP contribution < -0.4 is 11.1 Å². The molecular formula is C18H18N4S. The first-order valence-corrected chi connectivity index (χ1v) is 8.18. The van der Waals surface area contributed by atoms with E-state index < -0.39 is 0 Å². The van der Waals surface area contributed by atoms with Crippen molar-refractivity contribution in [2.24, 2.45) is 10.7 Å². The fourth-order valence-electron chi connectivity index (χ4n) is 2.14. The van der Waals surface area contributed by atoms with Crippen LogP contribution in [0, 0.1) is 6.92 Å². The molecule has 0 aliphatic heterocycles. The van der Waals surface area contributed by atoms with Gasteiger partial charge in [-0.2, -0.15) is 0 Å². The van der Waals surface area contributed by atoms with Crippen molar-refractivity contribution in [3.63, 3.8) is 0 Å². The average Bonchev–Trinajstić information content (AvgIpc) is 2.96. The van der Waals surface area contributed by atoms with Gasteiger partial charge in [0.15, 0.2) is 5.96 Å². The van der Waals surface area contributed by atoms with Crippen molar-refractivity contribution in [1.29, 1.82) is 0 Å². The third-order valence-corrected chi connectivity index (χ3v) is 4.54. The van der Waals surface area contributed by atoms with Gasteiger partial charge in [0.05, 0.1) is 12.2 Å². The van der Waals surface area contributed by atoms with E-state index in [0.29, 0.717) is 12.5 Å². The van der Waals surface area contributed by atoms with Crippen LogP contribution in [-0.2, 0) is 6.54 Å². The Balaban J connectivity index is 1.71. The highest BCUT2D eigenvalue weighted by Gasteiger charge is 2.08. The van der Waals surface area contributed by atoms with E-state index in [2.05, 4.69) is 27.4 Å². The summed E-state index contributed by atoms with van der Waals surface area (Å²) in [5.41, 5.74) is 9.01. The Kier molecular flexibility index (Phi) is 4.68. The molecular weight excluding hydrogens is 304 g/mol. The van der Waals surface area contributed by atoms with Crippen LogP contribution in [0.4, 0.5) is 5.69 Å². The smallest absolute Gasteiger partial charge is 0.193 e. The molecule has 23 heavy (non-hydrogen) atoms. The number of hydrogen-bond donors (Lipinski definition) is 2. The Morgan fingerprint density at radius 3 is 2.43 bits per heavy atom. The summed E-state index contributed by atoms with van der Waals surface area (Å²) in [6.45, 7) is 2.54. The highest BCUT2D eigenvalue weighted by molar-refractivity contribution is 7.15. The van der Waals surface area contributed by atoms with Gasteiger partial charge >= 0.3 is 0 Å². The molecule has 2 aromatic carbocycles. The zero-order valence-corrected chi connectivity index (χ0v) is 13.7.